The summed E-state index contributed by atoms with van der Waals surface area (Å²) in [5.74, 6) is 1.58. The lowest BCUT2D eigenvalue weighted by Gasteiger charge is -2.12. The minimum absolute atomic E-state index is 0.167. The lowest BCUT2D eigenvalue weighted by molar-refractivity contribution is 0.632. The molecule has 106 valence electrons. The van der Waals surface area contributed by atoms with Crippen LogP contribution in [0.15, 0.2) is 24.3 Å². The number of benzene rings is 1. The van der Waals surface area contributed by atoms with Crippen molar-refractivity contribution in [3.05, 3.63) is 40.9 Å². The highest BCUT2D eigenvalue weighted by Gasteiger charge is 2.11. The van der Waals surface area contributed by atoms with Crippen molar-refractivity contribution >= 4 is 28.9 Å². The van der Waals surface area contributed by atoms with Crippen LogP contribution < -0.4 is 10.6 Å². The van der Waals surface area contributed by atoms with Gasteiger partial charge in [0.15, 0.2) is 0 Å². The predicted molar refractivity (Wildman–Crippen MR) is 80.4 cm³/mol. The third-order valence-corrected chi connectivity index (χ3v) is 3.05. The first-order chi connectivity index (χ1) is 9.51. The molecule has 2 N–H and O–H groups in total. The van der Waals surface area contributed by atoms with Gasteiger partial charge in [-0.25, -0.2) is 14.4 Å². The second kappa shape index (κ2) is 6.05. The standard InChI is InChI=1S/C14H16ClFN4/c1-8(2)14-19-11(17-3)7-12(20-14)18-13-9(15)5-4-6-10(13)16/h4-8H,1-3H3,(H2,17,18,19,20). The fraction of sp³-hybridized carbons (Fsp3) is 0.286. The Labute approximate surface area is 122 Å². The van der Waals surface area contributed by atoms with Gasteiger partial charge >= 0.3 is 0 Å². The van der Waals surface area contributed by atoms with Gasteiger partial charge in [-0.1, -0.05) is 31.5 Å². The Balaban J connectivity index is 2.40. The molecule has 0 fully saturated rings. The number of hydrogen-bond donors (Lipinski definition) is 2. The van der Waals surface area contributed by atoms with Gasteiger partial charge in [-0.15, -0.1) is 0 Å². The SMILES string of the molecule is CNc1cc(Nc2c(F)cccc2Cl)nc(C(C)C)n1. The van der Waals surface area contributed by atoms with Crippen LogP contribution >= 0.6 is 11.6 Å². The minimum Gasteiger partial charge on any atom is -0.373 e. The van der Waals surface area contributed by atoms with E-state index < -0.39 is 5.82 Å². The summed E-state index contributed by atoms with van der Waals surface area (Å²) in [4.78, 5) is 8.72. The molecule has 0 saturated carbocycles. The van der Waals surface area contributed by atoms with E-state index in [2.05, 4.69) is 20.6 Å². The summed E-state index contributed by atoms with van der Waals surface area (Å²) in [6.45, 7) is 3.99. The van der Waals surface area contributed by atoms with Gasteiger partial charge in [0, 0.05) is 19.0 Å². The summed E-state index contributed by atoms with van der Waals surface area (Å²) >= 11 is 5.99. The van der Waals surface area contributed by atoms with Crippen LogP contribution in [0.3, 0.4) is 0 Å². The highest BCUT2D eigenvalue weighted by Crippen LogP contribution is 2.28. The minimum atomic E-state index is -0.423. The van der Waals surface area contributed by atoms with E-state index >= 15 is 0 Å². The molecule has 4 nitrogen and oxygen atoms in total. The molecule has 20 heavy (non-hydrogen) atoms. The number of hydrogen-bond acceptors (Lipinski definition) is 4. The van der Waals surface area contributed by atoms with E-state index in [1.54, 1.807) is 25.2 Å². The summed E-state index contributed by atoms with van der Waals surface area (Å²) in [7, 11) is 1.77. The molecule has 2 aromatic rings. The van der Waals surface area contributed by atoms with Gasteiger partial charge in [0.05, 0.1) is 10.7 Å². The number of rotatable bonds is 4. The molecular formula is C14H16ClFN4. The first kappa shape index (κ1) is 14.5. The van der Waals surface area contributed by atoms with E-state index in [0.29, 0.717) is 22.5 Å². The highest BCUT2D eigenvalue weighted by atomic mass is 35.5. The molecule has 1 aromatic heterocycles. The van der Waals surface area contributed by atoms with Crippen molar-refractivity contribution in [1.29, 1.82) is 0 Å². The zero-order chi connectivity index (χ0) is 14.7. The maximum Gasteiger partial charge on any atom is 0.148 e. The zero-order valence-electron chi connectivity index (χ0n) is 11.5. The largest absolute Gasteiger partial charge is 0.373 e. The Hall–Kier alpha value is -1.88. The second-order valence-electron chi connectivity index (χ2n) is 4.62. The van der Waals surface area contributed by atoms with Gasteiger partial charge in [-0.05, 0) is 12.1 Å². The van der Waals surface area contributed by atoms with Crippen LogP contribution in [0.2, 0.25) is 5.02 Å². The summed E-state index contributed by atoms with van der Waals surface area (Å²) in [5.41, 5.74) is 0.213. The van der Waals surface area contributed by atoms with E-state index in [4.69, 9.17) is 11.6 Å². The number of nitrogens with one attached hydrogen (secondary N) is 2. The molecule has 0 aliphatic carbocycles. The number of nitrogens with zero attached hydrogens (tertiary/aromatic N) is 2. The van der Waals surface area contributed by atoms with E-state index in [0.717, 1.165) is 0 Å². The number of halogens is 2. The van der Waals surface area contributed by atoms with Crippen molar-refractivity contribution < 1.29 is 4.39 Å². The van der Waals surface area contributed by atoms with E-state index in [-0.39, 0.29) is 11.6 Å². The molecule has 0 amide bonds. The van der Waals surface area contributed by atoms with E-state index in [9.17, 15) is 4.39 Å². The average molecular weight is 295 g/mol. The van der Waals surface area contributed by atoms with Crippen LogP contribution in [0.1, 0.15) is 25.6 Å². The van der Waals surface area contributed by atoms with Crippen LogP contribution in [0.25, 0.3) is 0 Å². The molecular weight excluding hydrogens is 279 g/mol. The van der Waals surface area contributed by atoms with Crippen molar-refractivity contribution in [2.24, 2.45) is 0 Å². The molecule has 0 unspecified atom stereocenters. The van der Waals surface area contributed by atoms with Gasteiger partial charge < -0.3 is 10.6 Å². The normalized spacial score (nSPS) is 10.7. The Kier molecular flexibility index (Phi) is 4.39. The lowest BCUT2D eigenvalue weighted by Crippen LogP contribution is -2.06. The van der Waals surface area contributed by atoms with Crippen molar-refractivity contribution in [2.75, 3.05) is 17.7 Å². The second-order valence-corrected chi connectivity index (χ2v) is 5.03. The van der Waals surface area contributed by atoms with Crippen LogP contribution in [0, 0.1) is 5.82 Å². The Morgan fingerprint density at radius 1 is 1.20 bits per heavy atom. The van der Waals surface area contributed by atoms with Crippen molar-refractivity contribution in [3.63, 3.8) is 0 Å². The third kappa shape index (κ3) is 3.17. The first-order valence-corrected chi connectivity index (χ1v) is 6.67. The van der Waals surface area contributed by atoms with Crippen molar-refractivity contribution in [1.82, 2.24) is 9.97 Å². The summed E-state index contributed by atoms with van der Waals surface area (Å²) in [6.07, 6.45) is 0. The van der Waals surface area contributed by atoms with Crippen LogP contribution in [-0.4, -0.2) is 17.0 Å². The molecule has 0 bridgehead atoms. The predicted octanol–water partition coefficient (Wildman–Crippen LogP) is 4.18. The molecule has 1 aromatic carbocycles. The van der Waals surface area contributed by atoms with Crippen molar-refractivity contribution in [3.8, 4) is 0 Å². The molecule has 6 heteroatoms. The first-order valence-electron chi connectivity index (χ1n) is 6.29. The van der Waals surface area contributed by atoms with Crippen LogP contribution in [0.5, 0.6) is 0 Å². The molecule has 1 heterocycles. The lowest BCUT2D eigenvalue weighted by atomic mass is 10.2. The summed E-state index contributed by atoms with van der Waals surface area (Å²) in [6, 6.07) is 6.23. The highest BCUT2D eigenvalue weighted by molar-refractivity contribution is 6.33. The molecule has 0 saturated heterocycles. The molecule has 0 aliphatic rings. The summed E-state index contributed by atoms with van der Waals surface area (Å²) in [5, 5.41) is 6.18. The van der Waals surface area contributed by atoms with E-state index in [1.165, 1.54) is 6.07 Å². The maximum absolute atomic E-state index is 13.8. The topological polar surface area (TPSA) is 49.8 Å². The fourth-order valence-electron chi connectivity index (χ4n) is 1.66. The van der Waals surface area contributed by atoms with Crippen LogP contribution in [-0.2, 0) is 0 Å². The van der Waals surface area contributed by atoms with Crippen LogP contribution in [0.4, 0.5) is 21.7 Å². The van der Waals surface area contributed by atoms with Gasteiger partial charge in [0.2, 0.25) is 0 Å². The van der Waals surface area contributed by atoms with Gasteiger partial charge in [0.25, 0.3) is 0 Å². The smallest absolute Gasteiger partial charge is 0.148 e. The molecule has 2 rings (SSSR count). The monoisotopic (exact) mass is 294 g/mol. The fourth-order valence-corrected chi connectivity index (χ4v) is 1.87. The molecule has 0 radical (unpaired) electrons. The zero-order valence-corrected chi connectivity index (χ0v) is 12.3. The Morgan fingerprint density at radius 2 is 1.90 bits per heavy atom. The van der Waals surface area contributed by atoms with Crippen molar-refractivity contribution in [2.45, 2.75) is 19.8 Å². The molecule has 0 atom stereocenters. The molecule has 0 aliphatic heterocycles. The van der Waals surface area contributed by atoms with Gasteiger partial charge in [0.1, 0.15) is 23.3 Å². The van der Waals surface area contributed by atoms with Gasteiger partial charge in [-0.2, -0.15) is 0 Å². The quantitative estimate of drug-likeness (QED) is 0.888. The Bertz CT molecular complexity index is 596. The average Bonchev–Trinajstić information content (AvgIpc) is 2.42. The number of anilines is 3. The number of para-hydroxylation sites is 1. The maximum atomic E-state index is 13.8. The molecule has 0 spiro atoms. The summed E-state index contributed by atoms with van der Waals surface area (Å²) < 4.78 is 13.8. The number of aromatic nitrogens is 2. The van der Waals surface area contributed by atoms with E-state index in [1.807, 2.05) is 13.8 Å². The van der Waals surface area contributed by atoms with Gasteiger partial charge in [-0.3, -0.25) is 0 Å². The third-order valence-electron chi connectivity index (χ3n) is 2.73. The Morgan fingerprint density at radius 3 is 2.50 bits per heavy atom.